The molecule has 84 valence electrons. The van der Waals surface area contributed by atoms with Crippen molar-refractivity contribution in [3.63, 3.8) is 0 Å². The van der Waals surface area contributed by atoms with E-state index in [4.69, 9.17) is 5.84 Å². The van der Waals surface area contributed by atoms with Gasteiger partial charge in [-0.25, -0.2) is 0 Å². The van der Waals surface area contributed by atoms with Crippen molar-refractivity contribution in [3.8, 4) is 5.75 Å². The minimum Gasteiger partial charge on any atom is -0.507 e. The highest BCUT2D eigenvalue weighted by molar-refractivity contribution is 5.85. The van der Waals surface area contributed by atoms with E-state index in [0.717, 1.165) is 11.1 Å². The molecule has 0 aromatic heterocycles. The molecule has 0 aliphatic heterocycles. The molecule has 0 spiro atoms. The molecule has 0 saturated heterocycles. The lowest BCUT2D eigenvalue weighted by atomic mass is 10.0. The van der Waals surface area contributed by atoms with Crippen LogP contribution in [0.15, 0.2) is 41.5 Å². The van der Waals surface area contributed by atoms with Gasteiger partial charge in [0.25, 0.3) is 0 Å². The van der Waals surface area contributed by atoms with Gasteiger partial charge in [-0.05, 0) is 37.1 Å². The van der Waals surface area contributed by atoms with Gasteiger partial charge in [-0.2, -0.15) is 5.10 Å². The summed E-state index contributed by atoms with van der Waals surface area (Å²) in [5, 5.41) is 13.0. The lowest BCUT2D eigenvalue weighted by Gasteiger charge is -2.04. The van der Waals surface area contributed by atoms with E-state index in [1.54, 1.807) is 6.07 Å². The monoisotopic (exact) mass is 216 g/mol. The van der Waals surface area contributed by atoms with E-state index in [9.17, 15) is 5.11 Å². The molecule has 0 amide bonds. The lowest BCUT2D eigenvalue weighted by Crippen LogP contribution is -1.89. The standard InChI is InChI=1S/C13H16N2O/c1-3-4-5-10(2)11-6-7-13(16)12(8-11)9-15-14/h3-9,16H,14H2,1-2H3/b4-3-,10-5+,15-9+. The Hall–Kier alpha value is -2.03. The van der Waals surface area contributed by atoms with Crippen LogP contribution < -0.4 is 5.84 Å². The summed E-state index contributed by atoms with van der Waals surface area (Å²) in [7, 11) is 0. The zero-order valence-corrected chi connectivity index (χ0v) is 9.51. The molecule has 0 saturated carbocycles. The van der Waals surface area contributed by atoms with Crippen molar-refractivity contribution in [2.45, 2.75) is 13.8 Å². The van der Waals surface area contributed by atoms with Crippen molar-refractivity contribution >= 4 is 11.8 Å². The van der Waals surface area contributed by atoms with Gasteiger partial charge in [-0.15, -0.1) is 0 Å². The minimum atomic E-state index is 0.178. The van der Waals surface area contributed by atoms with Gasteiger partial charge >= 0.3 is 0 Å². The molecule has 0 heterocycles. The molecule has 1 rings (SSSR count). The highest BCUT2D eigenvalue weighted by Gasteiger charge is 2.01. The topological polar surface area (TPSA) is 58.6 Å². The number of aromatic hydroxyl groups is 1. The number of allylic oxidation sites excluding steroid dienone is 4. The van der Waals surface area contributed by atoms with Gasteiger partial charge in [-0.3, -0.25) is 0 Å². The summed E-state index contributed by atoms with van der Waals surface area (Å²) in [6, 6.07) is 5.35. The maximum Gasteiger partial charge on any atom is 0.124 e. The number of hydrogen-bond donors (Lipinski definition) is 2. The highest BCUT2D eigenvalue weighted by Crippen LogP contribution is 2.21. The SMILES string of the molecule is C/C=C\C=C(/C)c1ccc(O)c(/C=N/N)c1. The predicted octanol–water partition coefficient (Wildman–Crippen LogP) is 2.66. The summed E-state index contributed by atoms with van der Waals surface area (Å²) in [6.45, 7) is 3.98. The Morgan fingerprint density at radius 3 is 2.81 bits per heavy atom. The molecule has 3 heteroatoms. The summed E-state index contributed by atoms with van der Waals surface area (Å²) in [6.07, 6.45) is 7.38. The lowest BCUT2D eigenvalue weighted by molar-refractivity contribution is 0.474. The molecule has 0 aliphatic rings. The Balaban J connectivity index is 3.12. The van der Waals surface area contributed by atoms with Gasteiger partial charge in [-0.1, -0.05) is 24.3 Å². The third-order valence-corrected chi connectivity index (χ3v) is 2.24. The van der Waals surface area contributed by atoms with Crippen LogP contribution in [0.4, 0.5) is 0 Å². The molecule has 1 aromatic carbocycles. The molecule has 0 fully saturated rings. The van der Waals surface area contributed by atoms with Gasteiger partial charge in [0, 0.05) is 5.56 Å². The van der Waals surface area contributed by atoms with Crippen molar-refractivity contribution in [1.29, 1.82) is 0 Å². The van der Waals surface area contributed by atoms with E-state index in [1.165, 1.54) is 6.21 Å². The number of nitrogens with zero attached hydrogens (tertiary/aromatic N) is 1. The molecule has 16 heavy (non-hydrogen) atoms. The number of hydrazone groups is 1. The first-order valence-electron chi connectivity index (χ1n) is 5.05. The molecular weight excluding hydrogens is 200 g/mol. The smallest absolute Gasteiger partial charge is 0.124 e. The third kappa shape index (κ3) is 2.98. The summed E-state index contributed by atoms with van der Waals surface area (Å²) in [5.41, 5.74) is 2.77. The zero-order valence-electron chi connectivity index (χ0n) is 9.51. The van der Waals surface area contributed by atoms with Crippen LogP contribution in [0.25, 0.3) is 5.57 Å². The maximum absolute atomic E-state index is 9.54. The molecule has 1 aromatic rings. The van der Waals surface area contributed by atoms with Crippen LogP contribution in [0.2, 0.25) is 0 Å². The molecule has 0 atom stereocenters. The van der Waals surface area contributed by atoms with Crippen molar-refractivity contribution in [2.24, 2.45) is 10.9 Å². The first-order chi connectivity index (χ1) is 7.69. The highest BCUT2D eigenvalue weighted by atomic mass is 16.3. The summed E-state index contributed by atoms with van der Waals surface area (Å²) in [5.74, 6) is 5.25. The van der Waals surface area contributed by atoms with Crippen molar-refractivity contribution in [2.75, 3.05) is 0 Å². The van der Waals surface area contributed by atoms with Gasteiger partial charge in [0.15, 0.2) is 0 Å². The molecule has 0 bridgehead atoms. The number of rotatable bonds is 3. The van der Waals surface area contributed by atoms with E-state index in [0.29, 0.717) is 5.56 Å². The van der Waals surface area contributed by atoms with E-state index < -0.39 is 0 Å². The van der Waals surface area contributed by atoms with E-state index in [-0.39, 0.29) is 5.75 Å². The Labute approximate surface area is 95.6 Å². The summed E-state index contributed by atoms with van der Waals surface area (Å²) >= 11 is 0. The van der Waals surface area contributed by atoms with Crippen molar-refractivity contribution in [1.82, 2.24) is 0 Å². The van der Waals surface area contributed by atoms with Crippen LogP contribution in [-0.4, -0.2) is 11.3 Å². The molecule has 0 aliphatic carbocycles. The summed E-state index contributed by atoms with van der Waals surface area (Å²) in [4.78, 5) is 0. The number of phenols is 1. The predicted molar refractivity (Wildman–Crippen MR) is 68.4 cm³/mol. The van der Waals surface area contributed by atoms with Gasteiger partial charge in [0.05, 0.1) is 6.21 Å². The number of phenolic OH excluding ortho intramolecular Hbond substituents is 1. The third-order valence-electron chi connectivity index (χ3n) is 2.24. The minimum absolute atomic E-state index is 0.178. The average molecular weight is 216 g/mol. The van der Waals surface area contributed by atoms with Crippen molar-refractivity contribution < 1.29 is 5.11 Å². The number of hydrogen-bond acceptors (Lipinski definition) is 3. The zero-order chi connectivity index (χ0) is 12.0. The second kappa shape index (κ2) is 5.75. The Morgan fingerprint density at radius 2 is 2.19 bits per heavy atom. The van der Waals surface area contributed by atoms with Crippen LogP contribution >= 0.6 is 0 Å². The molecule has 3 N–H and O–H groups in total. The molecule has 0 radical (unpaired) electrons. The van der Waals surface area contributed by atoms with Crippen LogP contribution in [0.5, 0.6) is 5.75 Å². The Bertz CT molecular complexity index is 445. The maximum atomic E-state index is 9.54. The van der Waals surface area contributed by atoms with Crippen LogP contribution in [-0.2, 0) is 0 Å². The molecular formula is C13H16N2O. The van der Waals surface area contributed by atoms with Crippen molar-refractivity contribution in [3.05, 3.63) is 47.6 Å². The Kier molecular flexibility index (Phi) is 4.33. The van der Waals surface area contributed by atoms with E-state index in [1.807, 2.05) is 44.2 Å². The fraction of sp³-hybridized carbons (Fsp3) is 0.154. The first-order valence-corrected chi connectivity index (χ1v) is 5.05. The van der Waals surface area contributed by atoms with Crippen LogP contribution in [0, 0.1) is 0 Å². The van der Waals surface area contributed by atoms with Gasteiger partial charge in [0.2, 0.25) is 0 Å². The summed E-state index contributed by atoms with van der Waals surface area (Å²) < 4.78 is 0. The quantitative estimate of drug-likeness (QED) is 0.353. The fourth-order valence-corrected chi connectivity index (χ4v) is 1.32. The molecule has 3 nitrogen and oxygen atoms in total. The average Bonchev–Trinajstić information content (AvgIpc) is 2.29. The largest absolute Gasteiger partial charge is 0.507 e. The second-order valence-electron chi connectivity index (χ2n) is 3.43. The van der Waals surface area contributed by atoms with Gasteiger partial charge < -0.3 is 10.9 Å². The van der Waals surface area contributed by atoms with Crippen LogP contribution in [0.3, 0.4) is 0 Å². The fourth-order valence-electron chi connectivity index (χ4n) is 1.32. The first kappa shape index (κ1) is 12.0. The number of benzene rings is 1. The normalized spacial score (nSPS) is 12.8. The van der Waals surface area contributed by atoms with E-state index in [2.05, 4.69) is 5.10 Å². The second-order valence-corrected chi connectivity index (χ2v) is 3.43. The Morgan fingerprint density at radius 1 is 1.44 bits per heavy atom. The molecule has 0 unspecified atom stereocenters. The van der Waals surface area contributed by atoms with Crippen LogP contribution in [0.1, 0.15) is 25.0 Å². The van der Waals surface area contributed by atoms with E-state index >= 15 is 0 Å². The number of nitrogens with two attached hydrogens (primary N) is 1. The van der Waals surface area contributed by atoms with Gasteiger partial charge in [0.1, 0.15) is 5.75 Å².